The van der Waals surface area contributed by atoms with Crippen molar-refractivity contribution in [2.75, 3.05) is 0 Å². The fraction of sp³-hybridized carbons (Fsp3) is 0.235. The van der Waals surface area contributed by atoms with Gasteiger partial charge in [-0.3, -0.25) is 4.99 Å². The van der Waals surface area contributed by atoms with Crippen molar-refractivity contribution in [3.05, 3.63) is 59.4 Å². The van der Waals surface area contributed by atoms with Gasteiger partial charge in [-0.2, -0.15) is 0 Å². The van der Waals surface area contributed by atoms with Crippen LogP contribution < -0.4 is 0 Å². The van der Waals surface area contributed by atoms with Gasteiger partial charge in [0, 0.05) is 23.8 Å². The normalized spacial score (nSPS) is 21.2. The van der Waals surface area contributed by atoms with E-state index in [1.54, 1.807) is 0 Å². The maximum atomic E-state index is 4.22. The van der Waals surface area contributed by atoms with Crippen molar-refractivity contribution in [2.45, 2.75) is 26.2 Å². The minimum atomic E-state index is -0.104. The smallest absolute Gasteiger partial charge is 0.0628 e. The SMILES string of the molecule is Cc1ccc(-c2cc(C)c(C3(C)C=CN=C3)[nH]2)cc1. The number of nitrogens with zero attached hydrogens (tertiary/aromatic N) is 1. The summed E-state index contributed by atoms with van der Waals surface area (Å²) in [5, 5.41) is 0. The molecule has 0 spiro atoms. The number of hydrogen-bond acceptors (Lipinski definition) is 1. The Kier molecular flexibility index (Phi) is 2.67. The van der Waals surface area contributed by atoms with Crippen molar-refractivity contribution < 1.29 is 0 Å². The van der Waals surface area contributed by atoms with Crippen LogP contribution >= 0.6 is 0 Å². The monoisotopic (exact) mass is 250 g/mol. The number of allylic oxidation sites excluding steroid dienone is 1. The fourth-order valence-electron chi connectivity index (χ4n) is 2.59. The highest BCUT2D eigenvalue weighted by atomic mass is 14.8. The Balaban J connectivity index is 2.04. The van der Waals surface area contributed by atoms with Crippen molar-refractivity contribution >= 4 is 6.21 Å². The first-order valence-corrected chi connectivity index (χ1v) is 6.58. The summed E-state index contributed by atoms with van der Waals surface area (Å²) in [6.45, 7) is 6.43. The molecule has 19 heavy (non-hydrogen) atoms. The molecule has 0 radical (unpaired) electrons. The summed E-state index contributed by atoms with van der Waals surface area (Å²) in [6, 6.07) is 10.8. The third kappa shape index (κ3) is 2.03. The molecule has 2 nitrogen and oxygen atoms in total. The highest BCUT2D eigenvalue weighted by Gasteiger charge is 2.27. The zero-order valence-electron chi connectivity index (χ0n) is 11.6. The number of nitrogens with one attached hydrogen (secondary N) is 1. The van der Waals surface area contributed by atoms with E-state index in [2.05, 4.69) is 67.2 Å². The summed E-state index contributed by atoms with van der Waals surface area (Å²) in [5.41, 5.74) is 6.07. The average Bonchev–Trinajstić information content (AvgIpc) is 2.98. The lowest BCUT2D eigenvalue weighted by atomic mass is 9.87. The summed E-state index contributed by atoms with van der Waals surface area (Å²) in [6.07, 6.45) is 5.99. The molecule has 0 amide bonds. The molecule has 0 fully saturated rings. The van der Waals surface area contributed by atoms with Gasteiger partial charge < -0.3 is 4.98 Å². The molecule has 3 rings (SSSR count). The van der Waals surface area contributed by atoms with E-state index in [0.717, 1.165) is 0 Å². The van der Waals surface area contributed by atoms with Crippen molar-refractivity contribution in [1.82, 2.24) is 4.98 Å². The molecule has 1 aliphatic heterocycles. The van der Waals surface area contributed by atoms with Crippen LogP contribution in [0.25, 0.3) is 11.3 Å². The van der Waals surface area contributed by atoms with Crippen LogP contribution in [0.15, 0.2) is 47.6 Å². The molecule has 1 N–H and O–H groups in total. The number of aliphatic imine (C=N–C) groups is 1. The van der Waals surface area contributed by atoms with Crippen molar-refractivity contribution in [1.29, 1.82) is 0 Å². The Morgan fingerprint density at radius 3 is 2.47 bits per heavy atom. The predicted molar refractivity (Wildman–Crippen MR) is 80.7 cm³/mol. The molecule has 2 aromatic rings. The van der Waals surface area contributed by atoms with E-state index < -0.39 is 0 Å². The van der Waals surface area contributed by atoms with E-state index in [1.807, 2.05) is 12.4 Å². The first-order valence-electron chi connectivity index (χ1n) is 6.58. The second kappa shape index (κ2) is 4.23. The third-order valence-electron chi connectivity index (χ3n) is 3.77. The molecule has 1 unspecified atom stereocenters. The maximum Gasteiger partial charge on any atom is 0.0628 e. The number of rotatable bonds is 2. The van der Waals surface area contributed by atoms with Crippen LogP contribution in [-0.4, -0.2) is 11.2 Å². The summed E-state index contributed by atoms with van der Waals surface area (Å²) >= 11 is 0. The standard InChI is InChI=1S/C17H18N2/c1-12-4-6-14(7-5-12)15-10-13(2)16(19-15)17(3)8-9-18-11-17/h4-11,19H,1-3H3. The lowest BCUT2D eigenvalue weighted by Crippen LogP contribution is -2.20. The number of aryl methyl sites for hydroxylation is 2. The van der Waals surface area contributed by atoms with E-state index in [4.69, 9.17) is 0 Å². The van der Waals surface area contributed by atoms with E-state index in [0.29, 0.717) is 0 Å². The Hall–Kier alpha value is -2.09. The highest BCUT2D eigenvalue weighted by Crippen LogP contribution is 2.32. The predicted octanol–water partition coefficient (Wildman–Crippen LogP) is 4.15. The van der Waals surface area contributed by atoms with Crippen molar-refractivity contribution in [3.8, 4) is 11.3 Å². The summed E-state index contributed by atoms with van der Waals surface area (Å²) in [4.78, 5) is 7.78. The van der Waals surface area contributed by atoms with Crippen LogP contribution in [0.5, 0.6) is 0 Å². The number of benzene rings is 1. The van der Waals surface area contributed by atoms with Gasteiger partial charge in [0.05, 0.1) is 5.41 Å². The molecule has 0 saturated carbocycles. The molecule has 1 aromatic heterocycles. The number of H-pyrrole nitrogens is 1. The highest BCUT2D eigenvalue weighted by molar-refractivity contribution is 5.80. The fourth-order valence-corrected chi connectivity index (χ4v) is 2.59. The quantitative estimate of drug-likeness (QED) is 0.829. The second-order valence-electron chi connectivity index (χ2n) is 5.48. The summed E-state index contributed by atoms with van der Waals surface area (Å²) < 4.78 is 0. The van der Waals surface area contributed by atoms with E-state index >= 15 is 0 Å². The van der Waals surface area contributed by atoms with Gasteiger partial charge in [0.15, 0.2) is 0 Å². The number of hydrogen-bond donors (Lipinski definition) is 1. The van der Waals surface area contributed by atoms with Gasteiger partial charge in [-0.1, -0.05) is 29.8 Å². The Morgan fingerprint density at radius 2 is 1.84 bits per heavy atom. The minimum Gasteiger partial charge on any atom is -0.357 e. The average molecular weight is 250 g/mol. The maximum absolute atomic E-state index is 4.22. The van der Waals surface area contributed by atoms with E-state index in [1.165, 1.54) is 28.1 Å². The third-order valence-corrected chi connectivity index (χ3v) is 3.77. The van der Waals surface area contributed by atoms with Gasteiger partial charge in [0.25, 0.3) is 0 Å². The molecule has 0 aliphatic carbocycles. The van der Waals surface area contributed by atoms with Gasteiger partial charge in [-0.05, 0) is 44.0 Å². The Morgan fingerprint density at radius 1 is 1.11 bits per heavy atom. The lowest BCUT2D eigenvalue weighted by molar-refractivity contribution is 0.800. The molecule has 1 atom stereocenters. The lowest BCUT2D eigenvalue weighted by Gasteiger charge is -2.17. The van der Waals surface area contributed by atoms with Crippen LogP contribution in [0.1, 0.15) is 23.7 Å². The van der Waals surface area contributed by atoms with Crippen LogP contribution in [0.3, 0.4) is 0 Å². The van der Waals surface area contributed by atoms with Gasteiger partial charge in [0.2, 0.25) is 0 Å². The summed E-state index contributed by atoms with van der Waals surface area (Å²) in [5.74, 6) is 0. The van der Waals surface area contributed by atoms with Gasteiger partial charge in [0.1, 0.15) is 0 Å². The summed E-state index contributed by atoms with van der Waals surface area (Å²) in [7, 11) is 0. The molecule has 1 aromatic carbocycles. The van der Waals surface area contributed by atoms with Gasteiger partial charge in [-0.25, -0.2) is 0 Å². The molecule has 0 saturated heterocycles. The van der Waals surface area contributed by atoms with Crippen LogP contribution in [0, 0.1) is 13.8 Å². The number of aromatic amines is 1. The molecule has 2 heteroatoms. The number of aromatic nitrogens is 1. The van der Waals surface area contributed by atoms with E-state index in [9.17, 15) is 0 Å². The van der Waals surface area contributed by atoms with Gasteiger partial charge in [-0.15, -0.1) is 0 Å². The molecule has 2 heterocycles. The zero-order valence-corrected chi connectivity index (χ0v) is 11.6. The first kappa shape index (κ1) is 12.0. The molecule has 1 aliphatic rings. The molecular weight excluding hydrogens is 232 g/mol. The first-order chi connectivity index (χ1) is 9.08. The van der Waals surface area contributed by atoms with E-state index in [-0.39, 0.29) is 5.41 Å². The zero-order chi connectivity index (χ0) is 13.5. The Labute approximate surface area is 113 Å². The van der Waals surface area contributed by atoms with Gasteiger partial charge >= 0.3 is 0 Å². The van der Waals surface area contributed by atoms with Crippen LogP contribution in [-0.2, 0) is 5.41 Å². The topological polar surface area (TPSA) is 28.1 Å². The van der Waals surface area contributed by atoms with Crippen molar-refractivity contribution in [2.24, 2.45) is 4.99 Å². The molecule has 0 bridgehead atoms. The van der Waals surface area contributed by atoms with Crippen LogP contribution in [0.2, 0.25) is 0 Å². The molecule has 96 valence electrons. The second-order valence-corrected chi connectivity index (χ2v) is 5.48. The molecular formula is C17H18N2. The van der Waals surface area contributed by atoms with Crippen molar-refractivity contribution in [3.63, 3.8) is 0 Å². The van der Waals surface area contributed by atoms with Crippen LogP contribution in [0.4, 0.5) is 0 Å². The Bertz CT molecular complexity index is 645. The largest absolute Gasteiger partial charge is 0.357 e. The minimum absolute atomic E-state index is 0.104.